The third-order valence-corrected chi connectivity index (χ3v) is 9.42. The van der Waals surface area contributed by atoms with Gasteiger partial charge in [0.05, 0.1) is 16.7 Å². The molecule has 1 saturated heterocycles. The van der Waals surface area contributed by atoms with Gasteiger partial charge in [-0.15, -0.1) is 0 Å². The summed E-state index contributed by atoms with van der Waals surface area (Å²) in [5.41, 5.74) is 3.68. The van der Waals surface area contributed by atoms with Crippen LogP contribution in [0.2, 0.25) is 25.7 Å². The number of fused-ring (bicyclic) bond motifs is 1. The average Bonchev–Trinajstić information content (AvgIpc) is 2.84. The Balaban J connectivity index is 1.64. The van der Waals surface area contributed by atoms with E-state index in [1.165, 1.54) is 0 Å². The molecule has 4 rings (SSSR count). The van der Waals surface area contributed by atoms with Crippen molar-refractivity contribution in [1.82, 2.24) is 9.55 Å². The first kappa shape index (κ1) is 25.9. The number of benzene rings is 2. The Morgan fingerprint density at radius 2 is 1.89 bits per heavy atom. The number of anilines is 2. The summed E-state index contributed by atoms with van der Waals surface area (Å²) in [6, 6.07) is 15.0. The minimum absolute atomic E-state index is 0.0278. The molecule has 2 heterocycles. The fourth-order valence-corrected chi connectivity index (χ4v) is 5.98. The standard InChI is InChI=1S/C27H37N3O3SSi/c1-20-24(28-21-8-6-5-7-9-21)11-10-23-26(20)29-25(18-34-22-12-14-32-15-13-22)30(27(23)31)19-33-16-17-35(2,3)4/h5-11,22,28H,12-19H2,1-4H3. The summed E-state index contributed by atoms with van der Waals surface area (Å²) in [7, 11) is -1.20. The maximum atomic E-state index is 13.6. The molecule has 1 aliphatic rings. The molecule has 0 saturated carbocycles. The first-order valence-electron chi connectivity index (χ1n) is 12.4. The first-order chi connectivity index (χ1) is 16.8. The van der Waals surface area contributed by atoms with Crippen LogP contribution in [0, 0.1) is 6.92 Å². The van der Waals surface area contributed by atoms with E-state index in [0.717, 1.165) is 60.4 Å². The molecule has 188 valence electrons. The van der Waals surface area contributed by atoms with E-state index in [9.17, 15) is 4.79 Å². The summed E-state index contributed by atoms with van der Waals surface area (Å²) in [4.78, 5) is 18.7. The van der Waals surface area contributed by atoms with E-state index >= 15 is 0 Å². The smallest absolute Gasteiger partial charge is 0.263 e. The van der Waals surface area contributed by atoms with Crippen LogP contribution in [-0.2, 0) is 22.0 Å². The average molecular weight is 512 g/mol. The fourth-order valence-electron chi connectivity index (χ4n) is 4.09. The van der Waals surface area contributed by atoms with Gasteiger partial charge in [-0.05, 0) is 55.6 Å². The number of rotatable bonds is 10. The molecule has 1 aromatic heterocycles. The maximum absolute atomic E-state index is 13.6. The first-order valence-corrected chi connectivity index (χ1v) is 17.2. The number of para-hydroxylation sites is 1. The molecule has 0 amide bonds. The second kappa shape index (κ2) is 11.7. The van der Waals surface area contributed by atoms with Gasteiger partial charge in [0.25, 0.3) is 5.56 Å². The molecule has 0 atom stereocenters. The fraction of sp³-hybridized carbons (Fsp3) is 0.481. The SMILES string of the molecule is Cc1c(Nc2ccccc2)ccc2c(=O)n(COCC[Si](C)(C)C)c(CSC3CCOCC3)nc12. The highest BCUT2D eigenvalue weighted by Gasteiger charge is 2.19. The van der Waals surface area contributed by atoms with Gasteiger partial charge in [0.1, 0.15) is 12.6 Å². The largest absolute Gasteiger partial charge is 0.381 e. The Labute approximate surface area is 213 Å². The van der Waals surface area contributed by atoms with Gasteiger partial charge in [0, 0.05) is 44.5 Å². The Hall–Kier alpha value is -2.13. The normalized spacial score (nSPS) is 15.0. The maximum Gasteiger partial charge on any atom is 0.263 e. The molecule has 1 aliphatic heterocycles. The summed E-state index contributed by atoms with van der Waals surface area (Å²) in [6.07, 6.45) is 2.08. The third kappa shape index (κ3) is 6.97. The van der Waals surface area contributed by atoms with Crippen molar-refractivity contribution in [2.45, 2.75) is 63.2 Å². The van der Waals surface area contributed by atoms with Crippen molar-refractivity contribution in [3.05, 3.63) is 64.2 Å². The molecule has 35 heavy (non-hydrogen) atoms. The lowest BCUT2D eigenvalue weighted by Gasteiger charge is -2.22. The topological polar surface area (TPSA) is 65.4 Å². The van der Waals surface area contributed by atoms with Gasteiger partial charge < -0.3 is 14.8 Å². The van der Waals surface area contributed by atoms with E-state index < -0.39 is 8.07 Å². The summed E-state index contributed by atoms with van der Waals surface area (Å²) in [5, 5.41) is 4.63. The zero-order valence-electron chi connectivity index (χ0n) is 21.3. The van der Waals surface area contributed by atoms with Crippen LogP contribution in [0.25, 0.3) is 10.9 Å². The second-order valence-corrected chi connectivity index (χ2v) is 17.3. The van der Waals surface area contributed by atoms with Crippen LogP contribution in [0.15, 0.2) is 47.3 Å². The molecule has 2 aromatic carbocycles. The number of nitrogens with zero attached hydrogens (tertiary/aromatic N) is 2. The van der Waals surface area contributed by atoms with Gasteiger partial charge in [0.15, 0.2) is 0 Å². The van der Waals surface area contributed by atoms with Crippen molar-refractivity contribution in [1.29, 1.82) is 0 Å². The van der Waals surface area contributed by atoms with E-state index in [4.69, 9.17) is 14.5 Å². The van der Waals surface area contributed by atoms with Crippen molar-refractivity contribution in [3.8, 4) is 0 Å². The summed E-state index contributed by atoms with van der Waals surface area (Å²) in [5.74, 6) is 1.47. The van der Waals surface area contributed by atoms with E-state index in [2.05, 4.69) is 25.0 Å². The van der Waals surface area contributed by atoms with Gasteiger partial charge in [0.2, 0.25) is 0 Å². The molecule has 0 spiro atoms. The molecule has 6 nitrogen and oxygen atoms in total. The van der Waals surface area contributed by atoms with Gasteiger partial charge in [-0.3, -0.25) is 9.36 Å². The Bertz CT molecular complexity index is 1190. The van der Waals surface area contributed by atoms with Crippen LogP contribution >= 0.6 is 11.8 Å². The number of aromatic nitrogens is 2. The predicted molar refractivity (Wildman–Crippen MR) is 150 cm³/mol. The molecular formula is C27H37N3O3SSi. The number of hydrogen-bond donors (Lipinski definition) is 1. The van der Waals surface area contributed by atoms with Gasteiger partial charge in [-0.25, -0.2) is 4.98 Å². The lowest BCUT2D eigenvalue weighted by Crippen LogP contribution is -2.28. The van der Waals surface area contributed by atoms with Crippen LogP contribution in [0.3, 0.4) is 0 Å². The highest BCUT2D eigenvalue weighted by molar-refractivity contribution is 7.99. The number of thioether (sulfide) groups is 1. The minimum atomic E-state index is -1.20. The minimum Gasteiger partial charge on any atom is -0.381 e. The van der Waals surface area contributed by atoms with Crippen molar-refractivity contribution < 1.29 is 9.47 Å². The molecular weight excluding hydrogens is 474 g/mol. The van der Waals surface area contributed by atoms with Crippen molar-refractivity contribution >= 4 is 42.1 Å². The highest BCUT2D eigenvalue weighted by Crippen LogP contribution is 2.28. The van der Waals surface area contributed by atoms with Crippen LogP contribution < -0.4 is 10.9 Å². The summed E-state index contributed by atoms with van der Waals surface area (Å²) >= 11 is 1.87. The molecule has 1 N–H and O–H groups in total. The predicted octanol–water partition coefficient (Wildman–Crippen LogP) is 6.17. The molecule has 0 aliphatic carbocycles. The summed E-state index contributed by atoms with van der Waals surface area (Å²) in [6.45, 7) is 11.6. The van der Waals surface area contributed by atoms with Crippen LogP contribution in [0.5, 0.6) is 0 Å². The Morgan fingerprint density at radius 1 is 1.14 bits per heavy atom. The zero-order valence-corrected chi connectivity index (χ0v) is 23.1. The number of ether oxygens (including phenoxy) is 2. The van der Waals surface area contributed by atoms with Gasteiger partial charge >= 0.3 is 0 Å². The van der Waals surface area contributed by atoms with Crippen LogP contribution in [-0.4, -0.2) is 42.7 Å². The van der Waals surface area contributed by atoms with E-state index in [1.807, 2.05) is 61.2 Å². The highest BCUT2D eigenvalue weighted by atomic mass is 32.2. The summed E-state index contributed by atoms with van der Waals surface area (Å²) < 4.78 is 13.3. The van der Waals surface area contributed by atoms with Gasteiger partial charge in [-0.2, -0.15) is 11.8 Å². The third-order valence-electron chi connectivity index (χ3n) is 6.35. The number of hydrogen-bond acceptors (Lipinski definition) is 6. The van der Waals surface area contributed by atoms with E-state index in [0.29, 0.717) is 23.0 Å². The molecule has 0 bridgehead atoms. The number of nitrogens with one attached hydrogen (secondary N) is 1. The monoisotopic (exact) mass is 511 g/mol. The van der Waals surface area contributed by atoms with Crippen LogP contribution in [0.4, 0.5) is 11.4 Å². The van der Waals surface area contributed by atoms with E-state index in [1.54, 1.807) is 4.57 Å². The Morgan fingerprint density at radius 3 is 2.60 bits per heavy atom. The zero-order chi connectivity index (χ0) is 24.8. The van der Waals surface area contributed by atoms with E-state index in [-0.39, 0.29) is 12.3 Å². The molecule has 0 unspecified atom stereocenters. The molecule has 0 radical (unpaired) electrons. The van der Waals surface area contributed by atoms with Crippen molar-refractivity contribution in [2.75, 3.05) is 25.1 Å². The van der Waals surface area contributed by atoms with Crippen molar-refractivity contribution in [2.24, 2.45) is 0 Å². The Kier molecular flexibility index (Phi) is 8.70. The molecule has 1 fully saturated rings. The molecule has 8 heteroatoms. The van der Waals surface area contributed by atoms with Crippen LogP contribution in [0.1, 0.15) is 24.2 Å². The second-order valence-electron chi connectivity index (χ2n) is 10.4. The lowest BCUT2D eigenvalue weighted by molar-refractivity contribution is 0.0827. The number of aryl methyl sites for hydroxylation is 1. The van der Waals surface area contributed by atoms with Gasteiger partial charge in [-0.1, -0.05) is 37.8 Å². The quantitative estimate of drug-likeness (QED) is 0.259. The van der Waals surface area contributed by atoms with Crippen molar-refractivity contribution in [3.63, 3.8) is 0 Å². The lowest BCUT2D eigenvalue weighted by atomic mass is 10.1. The molecule has 3 aromatic rings.